The van der Waals surface area contributed by atoms with Gasteiger partial charge in [-0.05, 0) is 12.1 Å². The van der Waals surface area contributed by atoms with E-state index in [1.807, 2.05) is 0 Å². The van der Waals surface area contributed by atoms with Crippen molar-refractivity contribution >= 4 is 11.6 Å². The topological polar surface area (TPSA) is 99.9 Å². The third kappa shape index (κ3) is 2.64. The highest BCUT2D eigenvalue weighted by Gasteiger charge is 2.14. The molecule has 0 saturated heterocycles. The molecule has 2 heterocycles. The van der Waals surface area contributed by atoms with Crippen LogP contribution in [0.1, 0.15) is 16.1 Å². The van der Waals surface area contributed by atoms with Gasteiger partial charge in [-0.15, -0.1) is 0 Å². The van der Waals surface area contributed by atoms with E-state index in [-0.39, 0.29) is 5.91 Å². The van der Waals surface area contributed by atoms with Crippen molar-refractivity contribution in [2.24, 2.45) is 5.84 Å². The van der Waals surface area contributed by atoms with Crippen LogP contribution in [-0.4, -0.2) is 33.0 Å². The fourth-order valence-corrected chi connectivity index (χ4v) is 1.54. The largest absolute Gasteiger partial charge is 0.336 e. The summed E-state index contributed by atoms with van der Waals surface area (Å²) in [6.45, 7) is 0.470. The van der Waals surface area contributed by atoms with Crippen LogP contribution in [0.4, 0.5) is 5.69 Å². The van der Waals surface area contributed by atoms with E-state index in [0.29, 0.717) is 17.9 Å². The summed E-state index contributed by atoms with van der Waals surface area (Å²) in [5.74, 6) is 5.12. The summed E-state index contributed by atoms with van der Waals surface area (Å²) in [6, 6.07) is 3.29. The third-order valence-corrected chi connectivity index (χ3v) is 2.47. The fraction of sp³-hybridized carbons (Fsp3) is 0.182. The van der Waals surface area contributed by atoms with Gasteiger partial charge in [0.25, 0.3) is 5.91 Å². The van der Waals surface area contributed by atoms with Crippen LogP contribution in [0.25, 0.3) is 0 Å². The maximum Gasteiger partial charge on any atom is 0.272 e. The number of carbonyl (C=O) groups excluding carboxylic acids is 1. The quantitative estimate of drug-likeness (QED) is 0.534. The van der Waals surface area contributed by atoms with Crippen LogP contribution in [0, 0.1) is 0 Å². The lowest BCUT2D eigenvalue weighted by atomic mass is 10.2. The summed E-state index contributed by atoms with van der Waals surface area (Å²) in [6.07, 6.45) is 4.96. The van der Waals surface area contributed by atoms with Gasteiger partial charge in [0, 0.05) is 31.5 Å². The molecule has 0 bridgehead atoms. The van der Waals surface area contributed by atoms with Crippen molar-refractivity contribution in [3.8, 4) is 0 Å². The van der Waals surface area contributed by atoms with Gasteiger partial charge in [0.15, 0.2) is 0 Å². The van der Waals surface area contributed by atoms with Gasteiger partial charge in [-0.25, -0.2) is 0 Å². The maximum atomic E-state index is 12.1. The molecule has 0 atom stereocenters. The van der Waals surface area contributed by atoms with E-state index in [4.69, 9.17) is 5.84 Å². The number of nitrogens with zero attached hydrogens (tertiary/aromatic N) is 3. The zero-order valence-electron chi connectivity index (χ0n) is 9.92. The number of pyridine rings is 1. The predicted molar refractivity (Wildman–Crippen MR) is 66.4 cm³/mol. The summed E-state index contributed by atoms with van der Waals surface area (Å²) in [5, 5.41) is 6.53. The van der Waals surface area contributed by atoms with Crippen LogP contribution in [0.15, 0.2) is 30.7 Å². The predicted octanol–water partition coefficient (Wildman–Crippen LogP) is 0.362. The van der Waals surface area contributed by atoms with Gasteiger partial charge >= 0.3 is 0 Å². The van der Waals surface area contributed by atoms with E-state index < -0.39 is 0 Å². The van der Waals surface area contributed by atoms with E-state index in [1.54, 1.807) is 36.5 Å². The molecule has 0 aromatic carbocycles. The van der Waals surface area contributed by atoms with E-state index in [0.717, 1.165) is 5.56 Å². The molecule has 0 radical (unpaired) electrons. The van der Waals surface area contributed by atoms with Gasteiger partial charge in [0.05, 0.1) is 11.9 Å². The standard InChI is InChI=1S/C11H14N6O/c1-17(7-8-5-14-15-6-8)11(18)10-4-9(16-12)2-3-13-10/h2-6H,7,12H2,1H3,(H,13,16)(H,14,15). The van der Waals surface area contributed by atoms with E-state index in [1.165, 1.54) is 6.20 Å². The number of nitrogens with two attached hydrogens (primary N) is 1. The molecular weight excluding hydrogens is 232 g/mol. The lowest BCUT2D eigenvalue weighted by molar-refractivity contribution is 0.0779. The van der Waals surface area contributed by atoms with E-state index in [2.05, 4.69) is 20.6 Å². The first-order valence-electron chi connectivity index (χ1n) is 5.36. The molecule has 0 spiro atoms. The number of amides is 1. The van der Waals surface area contributed by atoms with Gasteiger partial charge in [-0.1, -0.05) is 0 Å². The molecule has 0 unspecified atom stereocenters. The second-order valence-corrected chi connectivity index (χ2v) is 3.84. The fourth-order valence-electron chi connectivity index (χ4n) is 1.54. The number of nitrogens with one attached hydrogen (secondary N) is 2. The normalized spacial score (nSPS) is 10.1. The lowest BCUT2D eigenvalue weighted by Gasteiger charge is -2.15. The second-order valence-electron chi connectivity index (χ2n) is 3.84. The first-order chi connectivity index (χ1) is 8.70. The van der Waals surface area contributed by atoms with Gasteiger partial charge in [0.1, 0.15) is 5.69 Å². The van der Waals surface area contributed by atoms with Crippen molar-refractivity contribution in [1.82, 2.24) is 20.1 Å². The van der Waals surface area contributed by atoms with Crippen molar-refractivity contribution in [2.45, 2.75) is 6.54 Å². The molecular formula is C11H14N6O. The molecule has 0 fully saturated rings. The van der Waals surface area contributed by atoms with Crippen LogP contribution < -0.4 is 11.3 Å². The Bertz CT molecular complexity index is 524. The molecule has 18 heavy (non-hydrogen) atoms. The molecule has 1 amide bonds. The highest BCUT2D eigenvalue weighted by Crippen LogP contribution is 2.09. The Morgan fingerprint density at radius 2 is 2.44 bits per heavy atom. The van der Waals surface area contributed by atoms with Crippen molar-refractivity contribution < 1.29 is 4.79 Å². The van der Waals surface area contributed by atoms with Gasteiger partial charge in [0.2, 0.25) is 0 Å². The van der Waals surface area contributed by atoms with Crippen molar-refractivity contribution in [3.63, 3.8) is 0 Å². The summed E-state index contributed by atoms with van der Waals surface area (Å²) >= 11 is 0. The monoisotopic (exact) mass is 246 g/mol. The Labute approximate surface area is 104 Å². The molecule has 0 aliphatic carbocycles. The Morgan fingerprint density at radius 1 is 1.61 bits per heavy atom. The van der Waals surface area contributed by atoms with Crippen molar-refractivity contribution in [3.05, 3.63) is 42.0 Å². The molecule has 2 rings (SSSR count). The summed E-state index contributed by atoms with van der Waals surface area (Å²) in [4.78, 5) is 17.7. The van der Waals surface area contributed by atoms with Gasteiger partial charge < -0.3 is 10.3 Å². The zero-order valence-corrected chi connectivity index (χ0v) is 9.92. The molecule has 94 valence electrons. The maximum absolute atomic E-state index is 12.1. The Balaban J connectivity index is 2.10. The van der Waals surface area contributed by atoms with Crippen molar-refractivity contribution in [1.29, 1.82) is 0 Å². The molecule has 7 nitrogen and oxygen atoms in total. The Morgan fingerprint density at radius 3 is 3.11 bits per heavy atom. The smallest absolute Gasteiger partial charge is 0.272 e. The number of carbonyl (C=O) groups is 1. The van der Waals surface area contributed by atoms with E-state index in [9.17, 15) is 4.79 Å². The van der Waals surface area contributed by atoms with Crippen LogP contribution in [0.2, 0.25) is 0 Å². The zero-order chi connectivity index (χ0) is 13.0. The molecule has 2 aromatic rings. The highest BCUT2D eigenvalue weighted by molar-refractivity contribution is 5.92. The van der Waals surface area contributed by atoms with E-state index >= 15 is 0 Å². The molecule has 7 heteroatoms. The van der Waals surface area contributed by atoms with Crippen LogP contribution >= 0.6 is 0 Å². The molecule has 0 aliphatic rings. The first-order valence-corrected chi connectivity index (χ1v) is 5.36. The minimum absolute atomic E-state index is 0.173. The summed E-state index contributed by atoms with van der Waals surface area (Å²) < 4.78 is 0. The molecule has 0 aliphatic heterocycles. The Kier molecular flexibility index (Phi) is 3.54. The first kappa shape index (κ1) is 12.1. The molecule has 4 N–H and O–H groups in total. The number of anilines is 1. The summed E-state index contributed by atoms with van der Waals surface area (Å²) in [5.41, 5.74) is 4.40. The average Bonchev–Trinajstić information content (AvgIpc) is 2.90. The molecule has 2 aromatic heterocycles. The number of hydrogen-bond acceptors (Lipinski definition) is 5. The van der Waals surface area contributed by atoms with Crippen LogP contribution in [0.5, 0.6) is 0 Å². The Hall–Kier alpha value is -2.41. The molecule has 0 saturated carbocycles. The lowest BCUT2D eigenvalue weighted by Crippen LogP contribution is -2.27. The number of aromatic amines is 1. The van der Waals surface area contributed by atoms with Crippen LogP contribution in [-0.2, 0) is 6.54 Å². The number of rotatable bonds is 4. The highest BCUT2D eigenvalue weighted by atomic mass is 16.2. The van der Waals surface area contributed by atoms with Crippen LogP contribution in [0.3, 0.4) is 0 Å². The second kappa shape index (κ2) is 5.28. The number of aromatic nitrogens is 3. The number of H-pyrrole nitrogens is 1. The number of hydrogen-bond donors (Lipinski definition) is 3. The average molecular weight is 246 g/mol. The third-order valence-electron chi connectivity index (χ3n) is 2.47. The summed E-state index contributed by atoms with van der Waals surface area (Å²) in [7, 11) is 1.71. The number of hydrazine groups is 1. The van der Waals surface area contributed by atoms with Gasteiger partial charge in [-0.2, -0.15) is 5.10 Å². The SMILES string of the molecule is CN(Cc1cn[nH]c1)C(=O)c1cc(NN)ccn1. The number of nitrogen functional groups attached to an aromatic ring is 1. The van der Waals surface area contributed by atoms with Crippen molar-refractivity contribution in [2.75, 3.05) is 12.5 Å². The minimum Gasteiger partial charge on any atom is -0.336 e. The van der Waals surface area contributed by atoms with Gasteiger partial charge in [-0.3, -0.25) is 20.7 Å². The minimum atomic E-state index is -0.173.